The summed E-state index contributed by atoms with van der Waals surface area (Å²) < 4.78 is 34.2. The van der Waals surface area contributed by atoms with E-state index in [2.05, 4.69) is 21.2 Å². The molecule has 34 heavy (non-hydrogen) atoms. The number of carbonyl (C=O) groups excluding carboxylic acids is 2. The monoisotopic (exact) mass is 550 g/mol. The van der Waals surface area contributed by atoms with Crippen molar-refractivity contribution in [1.29, 1.82) is 0 Å². The Balaban J connectivity index is 1.70. The first-order valence-corrected chi connectivity index (χ1v) is 13.9. The second-order valence-electron chi connectivity index (χ2n) is 8.41. The molecule has 2 aromatic rings. The Kier molecular flexibility index (Phi) is 9.67. The predicted molar refractivity (Wildman–Crippen MR) is 135 cm³/mol. The largest absolute Gasteiger partial charge is 0.462 e. The van der Waals surface area contributed by atoms with Crippen LogP contribution in [0.4, 0.5) is 5.69 Å². The van der Waals surface area contributed by atoms with Crippen LogP contribution in [-0.4, -0.2) is 43.8 Å². The summed E-state index contributed by atoms with van der Waals surface area (Å²) in [6.45, 7) is 2.12. The van der Waals surface area contributed by atoms with E-state index in [0.717, 1.165) is 49.4 Å². The highest BCUT2D eigenvalue weighted by Gasteiger charge is 2.34. The molecular weight excluding hydrogens is 520 g/mol. The lowest BCUT2D eigenvalue weighted by Crippen LogP contribution is -2.45. The van der Waals surface area contributed by atoms with E-state index in [1.54, 1.807) is 48.5 Å². The molecule has 0 aliphatic heterocycles. The Morgan fingerprint density at radius 3 is 2.29 bits per heavy atom. The molecule has 3 rings (SSSR count). The van der Waals surface area contributed by atoms with Crippen molar-refractivity contribution in [2.45, 2.75) is 62.8 Å². The van der Waals surface area contributed by atoms with Gasteiger partial charge in [0.05, 0.1) is 23.6 Å². The number of nitrogens with zero attached hydrogens (tertiary/aromatic N) is 1. The molecule has 1 N–H and O–H groups in total. The predicted octanol–water partition coefficient (Wildman–Crippen LogP) is 5.37. The zero-order valence-corrected chi connectivity index (χ0v) is 21.7. The average Bonchev–Trinajstić information content (AvgIpc) is 2.84. The maximum Gasteiger partial charge on any atom is 0.338 e. The number of amides is 1. The van der Waals surface area contributed by atoms with Crippen molar-refractivity contribution in [3.8, 4) is 0 Å². The molecule has 1 saturated carbocycles. The maximum absolute atomic E-state index is 13.4. The molecule has 1 aliphatic carbocycles. The van der Waals surface area contributed by atoms with E-state index >= 15 is 0 Å². The van der Waals surface area contributed by atoms with Gasteiger partial charge in [-0.15, -0.1) is 0 Å². The molecule has 0 radical (unpaired) electrons. The van der Waals surface area contributed by atoms with Gasteiger partial charge in [-0.1, -0.05) is 48.5 Å². The van der Waals surface area contributed by atoms with Crippen LogP contribution in [0.3, 0.4) is 0 Å². The van der Waals surface area contributed by atoms with Crippen LogP contribution in [0.15, 0.2) is 57.9 Å². The number of rotatable bonds is 10. The number of benzene rings is 2. The Hall–Kier alpha value is -2.23. The molecule has 1 fully saturated rings. The molecule has 0 spiro atoms. The summed E-state index contributed by atoms with van der Waals surface area (Å²) in [5.74, 6) is -0.833. The third-order valence-electron chi connectivity index (χ3n) is 5.84. The van der Waals surface area contributed by atoms with Gasteiger partial charge in [-0.2, -0.15) is 4.31 Å². The number of sulfonamides is 1. The fourth-order valence-corrected chi connectivity index (χ4v) is 5.85. The number of hydrogen-bond acceptors (Lipinski definition) is 5. The number of halogens is 1. The first kappa shape index (κ1) is 26.4. The molecule has 0 unspecified atom stereocenters. The van der Waals surface area contributed by atoms with E-state index in [9.17, 15) is 18.0 Å². The number of anilines is 1. The number of ether oxygens (including phenoxy) is 1. The summed E-state index contributed by atoms with van der Waals surface area (Å²) in [7, 11) is -3.84. The van der Waals surface area contributed by atoms with Crippen LogP contribution in [0.25, 0.3) is 0 Å². The third-order valence-corrected chi connectivity index (χ3v) is 8.28. The van der Waals surface area contributed by atoms with E-state index in [1.807, 2.05) is 6.92 Å². The van der Waals surface area contributed by atoms with Gasteiger partial charge in [-0.05, 0) is 67.8 Å². The molecule has 0 bridgehead atoms. The highest BCUT2D eigenvalue weighted by atomic mass is 79.9. The topological polar surface area (TPSA) is 92.8 Å². The summed E-state index contributed by atoms with van der Waals surface area (Å²) in [5.41, 5.74) is 0.885. The van der Waals surface area contributed by atoms with Gasteiger partial charge in [0, 0.05) is 16.2 Å². The van der Waals surface area contributed by atoms with E-state index < -0.39 is 21.9 Å². The van der Waals surface area contributed by atoms with Gasteiger partial charge in [0.25, 0.3) is 0 Å². The van der Waals surface area contributed by atoms with Gasteiger partial charge < -0.3 is 10.1 Å². The molecule has 184 valence electrons. The first-order chi connectivity index (χ1) is 16.3. The zero-order chi connectivity index (χ0) is 24.6. The molecular formula is C25H31BrN2O5S. The fraction of sp³-hybridized carbons (Fsp3) is 0.440. The van der Waals surface area contributed by atoms with Crippen molar-refractivity contribution < 1.29 is 22.7 Å². The van der Waals surface area contributed by atoms with Crippen molar-refractivity contribution in [3.05, 3.63) is 58.6 Å². The van der Waals surface area contributed by atoms with Crippen molar-refractivity contribution in [3.63, 3.8) is 0 Å². The van der Waals surface area contributed by atoms with Crippen molar-refractivity contribution in [2.24, 2.45) is 0 Å². The molecule has 1 amide bonds. The standard InChI is InChI=1S/C25H31BrN2O5S/c1-2-3-17-33-25(30)19-9-13-21(14-10-19)27-24(29)18-28(22-7-5-4-6-8-22)34(31,32)23-15-11-20(26)12-16-23/h9-16,22H,2-8,17-18H2,1H3,(H,27,29). The van der Waals surface area contributed by atoms with Crippen molar-refractivity contribution in [1.82, 2.24) is 4.31 Å². The Morgan fingerprint density at radius 2 is 1.68 bits per heavy atom. The zero-order valence-electron chi connectivity index (χ0n) is 19.3. The summed E-state index contributed by atoms with van der Waals surface area (Å²) in [4.78, 5) is 25.1. The van der Waals surface area contributed by atoms with Crippen molar-refractivity contribution >= 4 is 43.5 Å². The molecule has 0 saturated heterocycles. The maximum atomic E-state index is 13.4. The van der Waals surface area contributed by atoms with Crippen molar-refractivity contribution in [2.75, 3.05) is 18.5 Å². The highest BCUT2D eigenvalue weighted by Crippen LogP contribution is 2.28. The normalized spacial score (nSPS) is 14.7. The van der Waals surface area contributed by atoms with Crippen LogP contribution in [-0.2, 0) is 19.6 Å². The average molecular weight is 552 g/mol. The molecule has 0 atom stereocenters. The SMILES string of the molecule is CCCCOC(=O)c1ccc(NC(=O)CN(C2CCCCC2)S(=O)(=O)c2ccc(Br)cc2)cc1. The summed E-state index contributed by atoms with van der Waals surface area (Å²) in [6, 6.07) is 12.6. The minimum absolute atomic E-state index is 0.167. The van der Waals surface area contributed by atoms with E-state index in [-0.39, 0.29) is 17.5 Å². The lowest BCUT2D eigenvalue weighted by molar-refractivity contribution is -0.116. The Labute approximate surface area is 210 Å². The second-order valence-corrected chi connectivity index (χ2v) is 11.2. The number of esters is 1. The van der Waals surface area contributed by atoms with E-state index in [4.69, 9.17) is 4.74 Å². The van der Waals surface area contributed by atoms with Gasteiger partial charge in [0.15, 0.2) is 0 Å². The van der Waals surface area contributed by atoms with Crippen LogP contribution in [0.2, 0.25) is 0 Å². The smallest absolute Gasteiger partial charge is 0.338 e. The van der Waals surface area contributed by atoms with E-state index in [1.165, 1.54) is 4.31 Å². The molecule has 9 heteroatoms. The van der Waals surface area contributed by atoms with Crippen LogP contribution < -0.4 is 5.32 Å². The minimum Gasteiger partial charge on any atom is -0.462 e. The first-order valence-electron chi connectivity index (χ1n) is 11.7. The summed E-state index contributed by atoms with van der Waals surface area (Å²) >= 11 is 3.33. The lowest BCUT2D eigenvalue weighted by atomic mass is 9.95. The molecule has 1 aliphatic rings. The fourth-order valence-electron chi connectivity index (χ4n) is 3.95. The Bertz CT molecular complexity index is 1070. The number of unbranched alkanes of at least 4 members (excludes halogenated alkanes) is 1. The second kappa shape index (κ2) is 12.5. The summed E-state index contributed by atoms with van der Waals surface area (Å²) in [5, 5.41) is 2.76. The lowest BCUT2D eigenvalue weighted by Gasteiger charge is -2.33. The molecule has 2 aromatic carbocycles. The highest BCUT2D eigenvalue weighted by molar-refractivity contribution is 9.10. The minimum atomic E-state index is -3.84. The van der Waals surface area contributed by atoms with Gasteiger partial charge in [-0.25, -0.2) is 13.2 Å². The van der Waals surface area contributed by atoms with Crippen LogP contribution in [0, 0.1) is 0 Å². The molecule has 7 nitrogen and oxygen atoms in total. The summed E-state index contributed by atoms with van der Waals surface area (Å²) in [6.07, 6.45) is 6.16. The molecule has 0 heterocycles. The van der Waals surface area contributed by atoms with Gasteiger partial charge >= 0.3 is 5.97 Å². The third kappa shape index (κ3) is 7.13. The molecule has 0 aromatic heterocycles. The van der Waals surface area contributed by atoms with Crippen LogP contribution in [0.5, 0.6) is 0 Å². The van der Waals surface area contributed by atoms with Gasteiger partial charge in [0.1, 0.15) is 0 Å². The number of carbonyl (C=O) groups is 2. The number of nitrogens with one attached hydrogen (secondary N) is 1. The number of hydrogen-bond donors (Lipinski definition) is 1. The van der Waals surface area contributed by atoms with Gasteiger partial charge in [0.2, 0.25) is 15.9 Å². The van der Waals surface area contributed by atoms with Gasteiger partial charge in [-0.3, -0.25) is 4.79 Å². The Morgan fingerprint density at radius 1 is 1.03 bits per heavy atom. The van der Waals surface area contributed by atoms with Crippen LogP contribution >= 0.6 is 15.9 Å². The van der Waals surface area contributed by atoms with Crippen LogP contribution in [0.1, 0.15) is 62.2 Å². The quantitative estimate of drug-likeness (QED) is 0.317. The van der Waals surface area contributed by atoms with E-state index in [0.29, 0.717) is 17.9 Å².